The van der Waals surface area contributed by atoms with Crippen LogP contribution in [0.3, 0.4) is 0 Å². The van der Waals surface area contributed by atoms with Crippen molar-refractivity contribution >= 4 is 67.6 Å². The van der Waals surface area contributed by atoms with Gasteiger partial charge in [0.1, 0.15) is 10.6 Å². The zero-order valence-electron chi connectivity index (χ0n) is 17.7. The van der Waals surface area contributed by atoms with E-state index in [-0.39, 0.29) is 11.6 Å². The largest absolute Gasteiger partial charge is 0.492 e. The van der Waals surface area contributed by atoms with Crippen molar-refractivity contribution in [3.05, 3.63) is 62.5 Å². The molecule has 0 radical (unpaired) electrons. The van der Waals surface area contributed by atoms with Gasteiger partial charge in [-0.05, 0) is 37.3 Å². The summed E-state index contributed by atoms with van der Waals surface area (Å²) in [6.07, 6.45) is 0. The molecule has 33 heavy (non-hydrogen) atoms. The van der Waals surface area contributed by atoms with E-state index in [2.05, 4.69) is 5.32 Å². The number of nitro groups is 1. The van der Waals surface area contributed by atoms with Crippen LogP contribution in [0.15, 0.2) is 42.5 Å². The number of anilines is 1. The molecule has 11 heteroatoms. The standard InChI is InChI=1S/C22H21ClN4O4S2/c1-2-31-17-6-4-3-5-16(17)24-22(32)26-11-9-25(10-12-26)21(28)20-19(23)15-8-7-14(27(29)30)13-18(15)33-20/h3-8,13H,2,9-12H2,1H3,(H,24,32). The second kappa shape index (κ2) is 9.90. The Kier molecular flexibility index (Phi) is 6.96. The first kappa shape index (κ1) is 23.2. The Bertz CT molecular complexity index is 1220. The van der Waals surface area contributed by atoms with E-state index in [1.54, 1.807) is 11.0 Å². The highest BCUT2D eigenvalue weighted by Gasteiger charge is 2.27. The first-order valence-electron chi connectivity index (χ1n) is 10.3. The van der Waals surface area contributed by atoms with E-state index in [1.807, 2.05) is 36.1 Å². The number of thiophene rings is 1. The van der Waals surface area contributed by atoms with Crippen molar-refractivity contribution in [3.8, 4) is 5.75 Å². The van der Waals surface area contributed by atoms with Gasteiger partial charge >= 0.3 is 0 Å². The molecule has 0 atom stereocenters. The summed E-state index contributed by atoms with van der Waals surface area (Å²) in [6, 6.07) is 12.0. The summed E-state index contributed by atoms with van der Waals surface area (Å²) >= 11 is 13.2. The van der Waals surface area contributed by atoms with Crippen molar-refractivity contribution in [3.63, 3.8) is 0 Å². The van der Waals surface area contributed by atoms with E-state index in [0.717, 1.165) is 11.4 Å². The number of carbonyl (C=O) groups is 1. The number of rotatable bonds is 5. The van der Waals surface area contributed by atoms with E-state index >= 15 is 0 Å². The minimum Gasteiger partial charge on any atom is -0.492 e. The minimum atomic E-state index is -0.461. The number of halogens is 1. The van der Waals surface area contributed by atoms with Crippen LogP contribution in [0, 0.1) is 10.1 Å². The van der Waals surface area contributed by atoms with E-state index in [1.165, 1.54) is 23.5 Å². The summed E-state index contributed by atoms with van der Waals surface area (Å²) in [7, 11) is 0. The maximum absolute atomic E-state index is 13.1. The number of hydrogen-bond donors (Lipinski definition) is 1. The number of ether oxygens (including phenoxy) is 1. The quantitative estimate of drug-likeness (QED) is 0.296. The summed E-state index contributed by atoms with van der Waals surface area (Å²) in [6.45, 7) is 4.59. The number of hydrogen-bond acceptors (Lipinski definition) is 6. The number of nitro benzene ring substituents is 1. The molecular weight excluding hydrogens is 484 g/mol. The Morgan fingerprint density at radius 2 is 1.91 bits per heavy atom. The molecule has 2 heterocycles. The molecule has 0 bridgehead atoms. The molecule has 8 nitrogen and oxygen atoms in total. The fraction of sp³-hybridized carbons (Fsp3) is 0.273. The number of benzene rings is 2. The zero-order valence-corrected chi connectivity index (χ0v) is 20.1. The lowest BCUT2D eigenvalue weighted by molar-refractivity contribution is -0.384. The van der Waals surface area contributed by atoms with Gasteiger partial charge in [0.25, 0.3) is 11.6 Å². The molecule has 2 aromatic carbocycles. The van der Waals surface area contributed by atoms with Gasteiger partial charge in [-0.1, -0.05) is 23.7 Å². The lowest BCUT2D eigenvalue weighted by atomic mass is 10.2. The molecular formula is C22H21ClN4O4S2. The van der Waals surface area contributed by atoms with Crippen LogP contribution in [0.1, 0.15) is 16.6 Å². The second-order valence-electron chi connectivity index (χ2n) is 7.32. The summed E-state index contributed by atoms with van der Waals surface area (Å²) in [5.74, 6) is 0.555. The summed E-state index contributed by atoms with van der Waals surface area (Å²) in [4.78, 5) is 27.9. The number of carbonyl (C=O) groups excluding carboxylic acids is 1. The van der Waals surface area contributed by atoms with Gasteiger partial charge in [-0.15, -0.1) is 11.3 Å². The van der Waals surface area contributed by atoms with E-state index in [0.29, 0.717) is 57.9 Å². The van der Waals surface area contributed by atoms with Crippen molar-refractivity contribution in [1.29, 1.82) is 0 Å². The third-order valence-electron chi connectivity index (χ3n) is 5.30. The maximum Gasteiger partial charge on any atom is 0.270 e. The van der Waals surface area contributed by atoms with Gasteiger partial charge in [0.15, 0.2) is 5.11 Å². The predicted molar refractivity (Wildman–Crippen MR) is 135 cm³/mol. The highest BCUT2D eigenvalue weighted by molar-refractivity contribution is 7.80. The van der Waals surface area contributed by atoms with Crippen molar-refractivity contribution in [2.45, 2.75) is 6.92 Å². The molecule has 1 amide bonds. The van der Waals surface area contributed by atoms with Crippen molar-refractivity contribution in [2.75, 3.05) is 38.1 Å². The topological polar surface area (TPSA) is 88.0 Å². The number of nitrogens with one attached hydrogen (secondary N) is 1. The molecule has 0 unspecified atom stereocenters. The normalized spacial score (nSPS) is 13.8. The molecule has 1 saturated heterocycles. The molecule has 0 aliphatic carbocycles. The number of non-ortho nitro benzene ring substituents is 1. The van der Waals surface area contributed by atoms with Gasteiger partial charge in [-0.3, -0.25) is 14.9 Å². The third kappa shape index (κ3) is 4.87. The van der Waals surface area contributed by atoms with Crippen LogP contribution in [0.2, 0.25) is 5.02 Å². The molecule has 1 fully saturated rings. The average molecular weight is 505 g/mol. The Hall–Kier alpha value is -2.95. The molecule has 0 spiro atoms. The smallest absolute Gasteiger partial charge is 0.270 e. The molecule has 3 aromatic rings. The van der Waals surface area contributed by atoms with Gasteiger partial charge in [0, 0.05) is 48.4 Å². The maximum atomic E-state index is 13.1. The number of piperazine rings is 1. The summed E-state index contributed by atoms with van der Waals surface area (Å²) in [5.41, 5.74) is 0.772. The Morgan fingerprint density at radius 3 is 2.61 bits per heavy atom. The molecule has 1 aliphatic heterocycles. The number of nitrogens with zero attached hydrogens (tertiary/aromatic N) is 3. The van der Waals surface area contributed by atoms with Crippen LogP contribution in [0.25, 0.3) is 10.1 Å². The number of thiocarbonyl (C=S) groups is 1. The first-order chi connectivity index (χ1) is 15.9. The average Bonchev–Trinajstić information content (AvgIpc) is 3.16. The summed E-state index contributed by atoms with van der Waals surface area (Å²) in [5, 5.41) is 15.8. The Labute approximate surface area is 204 Å². The van der Waals surface area contributed by atoms with E-state index in [4.69, 9.17) is 28.6 Å². The number of amides is 1. The molecule has 1 aromatic heterocycles. The fourth-order valence-corrected chi connectivity index (χ4v) is 5.41. The van der Waals surface area contributed by atoms with Crippen LogP contribution in [-0.4, -0.2) is 58.5 Å². The monoisotopic (exact) mass is 504 g/mol. The molecule has 172 valence electrons. The van der Waals surface area contributed by atoms with E-state index in [9.17, 15) is 14.9 Å². The highest BCUT2D eigenvalue weighted by atomic mass is 35.5. The van der Waals surface area contributed by atoms with Crippen molar-refractivity contribution in [1.82, 2.24) is 9.80 Å². The predicted octanol–water partition coefficient (Wildman–Crippen LogP) is 5.02. The van der Waals surface area contributed by atoms with Crippen LogP contribution < -0.4 is 10.1 Å². The van der Waals surface area contributed by atoms with Crippen LogP contribution >= 0.6 is 35.2 Å². The Balaban J connectivity index is 1.42. The van der Waals surface area contributed by atoms with Crippen molar-refractivity contribution < 1.29 is 14.5 Å². The van der Waals surface area contributed by atoms with Gasteiger partial charge in [-0.25, -0.2) is 0 Å². The van der Waals surface area contributed by atoms with Crippen LogP contribution in [0.5, 0.6) is 5.75 Å². The van der Waals surface area contributed by atoms with Crippen LogP contribution in [0.4, 0.5) is 11.4 Å². The van der Waals surface area contributed by atoms with Gasteiger partial charge in [-0.2, -0.15) is 0 Å². The summed E-state index contributed by atoms with van der Waals surface area (Å²) < 4.78 is 6.26. The fourth-order valence-electron chi connectivity index (χ4n) is 3.61. The zero-order chi connectivity index (χ0) is 23.5. The van der Waals surface area contributed by atoms with Gasteiger partial charge in [0.05, 0.1) is 22.2 Å². The minimum absolute atomic E-state index is 0.0278. The molecule has 0 saturated carbocycles. The molecule has 1 N–H and O–H groups in total. The molecule has 4 rings (SSSR count). The second-order valence-corrected chi connectivity index (χ2v) is 9.14. The van der Waals surface area contributed by atoms with Gasteiger partial charge in [0.2, 0.25) is 0 Å². The third-order valence-corrected chi connectivity index (χ3v) is 7.31. The lowest BCUT2D eigenvalue weighted by Gasteiger charge is -2.36. The van der Waals surface area contributed by atoms with Crippen LogP contribution in [-0.2, 0) is 0 Å². The van der Waals surface area contributed by atoms with Crippen molar-refractivity contribution in [2.24, 2.45) is 0 Å². The Morgan fingerprint density at radius 1 is 1.21 bits per heavy atom. The lowest BCUT2D eigenvalue weighted by Crippen LogP contribution is -2.51. The SMILES string of the molecule is CCOc1ccccc1NC(=S)N1CCN(C(=O)c2sc3cc([N+](=O)[O-])ccc3c2Cl)CC1. The van der Waals surface area contributed by atoms with Gasteiger partial charge < -0.3 is 19.9 Å². The number of para-hydroxylation sites is 2. The highest BCUT2D eigenvalue weighted by Crippen LogP contribution is 2.38. The first-order valence-corrected chi connectivity index (χ1v) is 11.9. The molecule has 1 aliphatic rings. The number of fused-ring (bicyclic) bond motifs is 1. The van der Waals surface area contributed by atoms with E-state index < -0.39 is 4.92 Å².